The third-order valence-corrected chi connectivity index (χ3v) is 4.27. The number of quaternary nitrogens is 1. The van der Waals surface area contributed by atoms with E-state index in [1.807, 2.05) is 0 Å². The van der Waals surface area contributed by atoms with Crippen LogP contribution >= 0.6 is 0 Å². The van der Waals surface area contributed by atoms with E-state index in [1.54, 1.807) is 0 Å². The lowest BCUT2D eigenvalue weighted by Gasteiger charge is -2.46. The van der Waals surface area contributed by atoms with Crippen LogP contribution in [0.1, 0.15) is 48.0 Å². The van der Waals surface area contributed by atoms with Gasteiger partial charge in [-0.3, -0.25) is 0 Å². The van der Waals surface area contributed by atoms with Crippen LogP contribution in [0.5, 0.6) is 0 Å². The molecule has 0 radical (unpaired) electrons. The predicted octanol–water partition coefficient (Wildman–Crippen LogP) is 2.98. The number of hydroxylamine groups is 3. The zero-order valence-corrected chi connectivity index (χ0v) is 14.0. The Bertz CT molecular complexity index is 402. The van der Waals surface area contributed by atoms with Gasteiger partial charge in [0.05, 0.1) is 0 Å². The van der Waals surface area contributed by atoms with Crippen molar-refractivity contribution in [2.45, 2.75) is 72.2 Å². The van der Waals surface area contributed by atoms with E-state index in [9.17, 15) is 15.3 Å². The van der Waals surface area contributed by atoms with Gasteiger partial charge in [0, 0.05) is 6.42 Å². The monoisotopic (exact) mass is 300 g/mol. The molecule has 5 heteroatoms. The third-order valence-electron chi connectivity index (χ3n) is 4.27. The van der Waals surface area contributed by atoms with Crippen LogP contribution in [0, 0.1) is 0 Å². The highest BCUT2D eigenvalue weighted by atomic mass is 16.7. The summed E-state index contributed by atoms with van der Waals surface area (Å²) in [7, 11) is 0. The highest BCUT2D eigenvalue weighted by molar-refractivity contribution is 5.28. The van der Waals surface area contributed by atoms with Crippen LogP contribution in [-0.4, -0.2) is 50.8 Å². The number of nitrogens with zero attached hydrogens (tertiary/aromatic N) is 1. The van der Waals surface area contributed by atoms with Crippen LogP contribution in [-0.2, 0) is 4.84 Å². The number of rotatable bonds is 6. The Morgan fingerprint density at radius 3 is 1.95 bits per heavy atom. The van der Waals surface area contributed by atoms with E-state index in [4.69, 9.17) is 4.84 Å². The molecule has 0 bridgehead atoms. The molecule has 0 spiro atoms. The molecule has 1 aliphatic carbocycles. The van der Waals surface area contributed by atoms with Gasteiger partial charge in [-0.2, -0.15) is 9.48 Å². The van der Waals surface area contributed by atoms with Crippen molar-refractivity contribution < 1.29 is 24.8 Å². The fourth-order valence-corrected chi connectivity index (χ4v) is 3.37. The van der Waals surface area contributed by atoms with Gasteiger partial charge in [-0.05, 0) is 53.2 Å². The van der Waals surface area contributed by atoms with Crippen LogP contribution in [0.25, 0.3) is 0 Å². The van der Waals surface area contributed by atoms with Gasteiger partial charge in [0.25, 0.3) is 0 Å². The number of allylic oxidation sites excluding steroid dienone is 1. The topological polar surface area (TPSA) is 69.9 Å². The standard InChI is InChI=1S/C16H29NO4/c1-10(2)17(11(3)4,12(5)6)21-9-13-7-14(18)16(20)15(19)8-13/h7,10-12,15,19H,8-9H2,1-6H3,(H-,18,20)/p+1. The second kappa shape index (κ2) is 6.81. The smallest absolute Gasteiger partial charge is 0.163 e. The Kier molecular flexibility index (Phi) is 5.84. The van der Waals surface area contributed by atoms with Gasteiger partial charge in [0.1, 0.15) is 30.8 Å². The predicted molar refractivity (Wildman–Crippen MR) is 82.6 cm³/mol. The van der Waals surface area contributed by atoms with Crippen molar-refractivity contribution in [3.8, 4) is 0 Å². The molecular weight excluding hydrogens is 270 g/mol. The fraction of sp³-hybridized carbons (Fsp3) is 0.750. The average Bonchev–Trinajstić information content (AvgIpc) is 2.35. The average molecular weight is 300 g/mol. The molecule has 0 aliphatic heterocycles. The molecule has 1 atom stereocenters. The SMILES string of the molecule is CC(C)[N+](OCC1=CC(O)=C(O)C(O)C1)(C(C)C)C(C)C. The summed E-state index contributed by atoms with van der Waals surface area (Å²) in [5, 5.41) is 28.8. The molecule has 0 aromatic heterocycles. The quantitative estimate of drug-likeness (QED) is 0.521. The molecule has 0 saturated heterocycles. The zero-order chi connectivity index (χ0) is 16.4. The highest BCUT2D eigenvalue weighted by Gasteiger charge is 2.41. The van der Waals surface area contributed by atoms with Crippen molar-refractivity contribution in [3.05, 3.63) is 23.2 Å². The molecule has 0 aromatic carbocycles. The molecule has 1 unspecified atom stereocenters. The Balaban J connectivity index is 2.91. The molecule has 0 aromatic rings. The fourth-order valence-electron chi connectivity index (χ4n) is 3.37. The number of hydrogen-bond donors (Lipinski definition) is 3. The Morgan fingerprint density at radius 1 is 1.10 bits per heavy atom. The number of aliphatic hydroxyl groups excluding tert-OH is 3. The molecule has 0 saturated carbocycles. The molecule has 0 amide bonds. The van der Waals surface area contributed by atoms with Gasteiger partial charge >= 0.3 is 0 Å². The van der Waals surface area contributed by atoms with Gasteiger partial charge in [-0.25, -0.2) is 0 Å². The molecule has 1 rings (SSSR count). The maximum atomic E-state index is 9.71. The molecule has 122 valence electrons. The molecule has 3 N–H and O–H groups in total. The van der Waals surface area contributed by atoms with E-state index in [2.05, 4.69) is 41.5 Å². The molecule has 21 heavy (non-hydrogen) atoms. The van der Waals surface area contributed by atoms with Crippen LogP contribution in [0.2, 0.25) is 0 Å². The lowest BCUT2D eigenvalue weighted by atomic mass is 10.0. The summed E-state index contributed by atoms with van der Waals surface area (Å²) in [4.78, 5) is 6.23. The second-order valence-corrected chi connectivity index (χ2v) is 6.61. The highest BCUT2D eigenvalue weighted by Crippen LogP contribution is 2.28. The van der Waals surface area contributed by atoms with E-state index in [0.29, 0.717) is 11.3 Å². The number of aliphatic hydroxyl groups is 3. The molecule has 1 aliphatic rings. The first-order valence-electron chi connectivity index (χ1n) is 7.65. The molecule has 5 nitrogen and oxygen atoms in total. The Labute approximate surface area is 127 Å². The first kappa shape index (κ1) is 18.0. The van der Waals surface area contributed by atoms with Crippen LogP contribution in [0.4, 0.5) is 0 Å². The third kappa shape index (κ3) is 3.59. The normalized spacial score (nSPS) is 20.7. The molecule has 0 heterocycles. The van der Waals surface area contributed by atoms with Crippen molar-refractivity contribution in [1.29, 1.82) is 0 Å². The minimum atomic E-state index is -1.05. The first-order chi connectivity index (χ1) is 9.62. The summed E-state index contributed by atoms with van der Waals surface area (Å²) >= 11 is 0. The van der Waals surface area contributed by atoms with Crippen molar-refractivity contribution in [2.24, 2.45) is 0 Å². The van der Waals surface area contributed by atoms with E-state index in [-0.39, 0.29) is 36.1 Å². The van der Waals surface area contributed by atoms with Gasteiger partial charge < -0.3 is 15.3 Å². The summed E-state index contributed by atoms with van der Waals surface area (Å²) in [6.45, 7) is 13.1. The van der Waals surface area contributed by atoms with E-state index >= 15 is 0 Å². The lowest BCUT2D eigenvalue weighted by Crippen LogP contribution is -2.61. The van der Waals surface area contributed by atoms with Crippen LogP contribution < -0.4 is 0 Å². The van der Waals surface area contributed by atoms with Crippen molar-refractivity contribution >= 4 is 0 Å². The van der Waals surface area contributed by atoms with Crippen molar-refractivity contribution in [1.82, 2.24) is 0 Å². The van der Waals surface area contributed by atoms with Crippen molar-refractivity contribution in [2.75, 3.05) is 6.61 Å². The summed E-state index contributed by atoms with van der Waals surface area (Å²) in [6.07, 6.45) is 0.717. The van der Waals surface area contributed by atoms with Crippen LogP contribution in [0.15, 0.2) is 23.2 Å². The van der Waals surface area contributed by atoms with E-state index in [0.717, 1.165) is 5.57 Å². The zero-order valence-electron chi connectivity index (χ0n) is 14.0. The minimum Gasteiger partial charge on any atom is -0.506 e. The van der Waals surface area contributed by atoms with E-state index < -0.39 is 6.10 Å². The second-order valence-electron chi connectivity index (χ2n) is 6.61. The van der Waals surface area contributed by atoms with Gasteiger partial charge in [0.15, 0.2) is 11.5 Å². The van der Waals surface area contributed by atoms with Gasteiger partial charge in [0.2, 0.25) is 0 Å². The number of hydrogen-bond acceptors (Lipinski definition) is 4. The van der Waals surface area contributed by atoms with E-state index in [1.165, 1.54) is 6.08 Å². The van der Waals surface area contributed by atoms with Crippen LogP contribution in [0.3, 0.4) is 0 Å². The van der Waals surface area contributed by atoms with Crippen molar-refractivity contribution in [3.63, 3.8) is 0 Å². The van der Waals surface area contributed by atoms with Gasteiger partial charge in [-0.15, -0.1) is 0 Å². The first-order valence-corrected chi connectivity index (χ1v) is 7.65. The lowest BCUT2D eigenvalue weighted by molar-refractivity contribution is -1.15. The summed E-state index contributed by atoms with van der Waals surface area (Å²) in [5.41, 5.74) is 0.780. The summed E-state index contributed by atoms with van der Waals surface area (Å²) in [5.74, 6) is -0.639. The Hall–Kier alpha value is -1.04. The minimum absolute atomic E-state index is 0.274. The van der Waals surface area contributed by atoms with Gasteiger partial charge in [-0.1, -0.05) is 0 Å². The summed E-state index contributed by atoms with van der Waals surface area (Å²) in [6, 6.07) is 0.866. The Morgan fingerprint density at radius 2 is 1.57 bits per heavy atom. The molecule has 0 fully saturated rings. The maximum Gasteiger partial charge on any atom is 0.163 e. The maximum absolute atomic E-state index is 9.71. The molecular formula is C16H30NO4+. The largest absolute Gasteiger partial charge is 0.506 e. The summed E-state index contributed by atoms with van der Waals surface area (Å²) < 4.78 is 0.504.